The maximum atomic E-state index is 13.7. The van der Waals surface area contributed by atoms with Crippen molar-refractivity contribution in [1.29, 1.82) is 0 Å². The van der Waals surface area contributed by atoms with Crippen LogP contribution in [0.4, 0.5) is 0 Å². The molecule has 0 saturated carbocycles. The van der Waals surface area contributed by atoms with Crippen LogP contribution in [0.3, 0.4) is 0 Å². The van der Waals surface area contributed by atoms with Gasteiger partial charge >= 0.3 is 0 Å². The van der Waals surface area contributed by atoms with Gasteiger partial charge in [0, 0.05) is 19.1 Å². The van der Waals surface area contributed by atoms with Crippen molar-refractivity contribution < 1.29 is 14.3 Å². The van der Waals surface area contributed by atoms with Crippen LogP contribution in [0.5, 0.6) is 0 Å². The third-order valence-corrected chi connectivity index (χ3v) is 12.5. The molecule has 0 aromatic carbocycles. The van der Waals surface area contributed by atoms with E-state index >= 15 is 0 Å². The SMILES string of the molecule is CCCCCCCCCCCCCCCCC(CCCCCCCCCCCCCCCC)CC(=O)NC(C)(C)CC(C)(C)CC(C)(C)OCCC(C)(C)OC. The summed E-state index contributed by atoms with van der Waals surface area (Å²) in [5.74, 6) is 0.765. The highest BCUT2D eigenvalue weighted by Gasteiger charge is 2.35. The molecule has 0 aliphatic rings. The number of amides is 1. The molecular formula is C52H105NO3. The fourth-order valence-corrected chi connectivity index (χ4v) is 9.48. The molecule has 1 amide bonds. The monoisotopic (exact) mass is 792 g/mol. The normalized spacial score (nSPS) is 12.9. The molecule has 0 radical (unpaired) electrons. The fourth-order valence-electron chi connectivity index (χ4n) is 9.48. The summed E-state index contributed by atoms with van der Waals surface area (Å²) in [5.41, 5.74) is -0.642. The molecule has 336 valence electrons. The Kier molecular flexibility index (Phi) is 33.8. The maximum absolute atomic E-state index is 13.7. The van der Waals surface area contributed by atoms with Crippen molar-refractivity contribution in [1.82, 2.24) is 5.32 Å². The van der Waals surface area contributed by atoms with Crippen LogP contribution in [-0.2, 0) is 14.3 Å². The molecule has 1 N–H and O–H groups in total. The molecule has 0 rings (SSSR count). The number of hydrogen-bond acceptors (Lipinski definition) is 3. The van der Waals surface area contributed by atoms with Gasteiger partial charge in [-0.25, -0.2) is 0 Å². The number of carbonyl (C=O) groups is 1. The lowest BCUT2D eigenvalue weighted by molar-refractivity contribution is -0.124. The van der Waals surface area contributed by atoms with E-state index < -0.39 is 0 Å². The van der Waals surface area contributed by atoms with E-state index in [0.717, 1.165) is 19.3 Å². The second-order valence-corrected chi connectivity index (χ2v) is 21.1. The average molecular weight is 792 g/mol. The van der Waals surface area contributed by atoms with E-state index in [1.54, 1.807) is 7.11 Å². The molecule has 4 nitrogen and oxygen atoms in total. The molecule has 0 unspecified atom stereocenters. The summed E-state index contributed by atoms with van der Waals surface area (Å²) in [6.07, 6.45) is 44.9. The third kappa shape index (κ3) is 36.5. The molecule has 4 heteroatoms. The summed E-state index contributed by atoms with van der Waals surface area (Å²) < 4.78 is 12.0. The number of hydrogen-bond donors (Lipinski definition) is 1. The van der Waals surface area contributed by atoms with E-state index in [9.17, 15) is 4.79 Å². The molecule has 0 aliphatic carbocycles. The topological polar surface area (TPSA) is 47.6 Å². The van der Waals surface area contributed by atoms with Crippen molar-refractivity contribution >= 4 is 5.91 Å². The Balaban J connectivity index is 4.74. The first-order valence-corrected chi connectivity index (χ1v) is 25.1. The predicted octanol–water partition coefficient (Wildman–Crippen LogP) is 17.0. The largest absolute Gasteiger partial charge is 0.379 e. The first-order valence-electron chi connectivity index (χ1n) is 25.1. The van der Waals surface area contributed by atoms with Crippen molar-refractivity contribution in [3.05, 3.63) is 0 Å². The Morgan fingerprint density at radius 3 is 1.16 bits per heavy atom. The fraction of sp³-hybridized carbons (Fsp3) is 0.981. The van der Waals surface area contributed by atoms with Crippen LogP contribution >= 0.6 is 0 Å². The van der Waals surface area contributed by atoms with Gasteiger partial charge < -0.3 is 14.8 Å². The van der Waals surface area contributed by atoms with Crippen molar-refractivity contribution in [2.45, 2.75) is 304 Å². The average Bonchev–Trinajstić information content (AvgIpc) is 3.10. The maximum Gasteiger partial charge on any atom is 0.220 e. The zero-order chi connectivity index (χ0) is 42.0. The van der Waals surface area contributed by atoms with Gasteiger partial charge in [0.05, 0.1) is 17.8 Å². The van der Waals surface area contributed by atoms with Crippen molar-refractivity contribution in [3.8, 4) is 0 Å². The number of methoxy groups -OCH3 is 1. The molecule has 0 aliphatic heterocycles. The standard InChI is InChI=1S/C52H105NO3/c1-12-14-16-18-20-22-24-26-28-30-32-34-36-38-40-47(41-39-37-35-33-31-29-27-25-23-21-19-17-15-13-2)44-48(54)53-50(5,6)45-49(3,4)46-52(9,10)56-43-42-51(7,8)55-11/h47H,12-46H2,1-11H3,(H,53,54). The predicted molar refractivity (Wildman–Crippen MR) is 249 cm³/mol. The third-order valence-electron chi connectivity index (χ3n) is 12.5. The van der Waals surface area contributed by atoms with Crippen LogP contribution in [0.15, 0.2) is 0 Å². The first kappa shape index (κ1) is 55.4. The Morgan fingerprint density at radius 1 is 0.482 bits per heavy atom. The highest BCUT2D eigenvalue weighted by atomic mass is 16.5. The molecule has 0 aromatic rings. The summed E-state index contributed by atoms with van der Waals surface area (Å²) in [6, 6.07) is 0. The van der Waals surface area contributed by atoms with E-state index in [4.69, 9.17) is 9.47 Å². The van der Waals surface area contributed by atoms with Gasteiger partial charge in [0.15, 0.2) is 0 Å². The first-order chi connectivity index (χ1) is 26.6. The summed E-state index contributed by atoms with van der Waals surface area (Å²) >= 11 is 0. The minimum atomic E-state index is -0.261. The van der Waals surface area contributed by atoms with Crippen LogP contribution in [0.1, 0.15) is 288 Å². The summed E-state index contributed by atoms with van der Waals surface area (Å²) in [4.78, 5) is 13.7. The zero-order valence-electron chi connectivity index (χ0n) is 40.6. The number of ether oxygens (including phenoxy) is 2. The van der Waals surface area contributed by atoms with Gasteiger partial charge in [0.25, 0.3) is 0 Å². The lowest BCUT2D eigenvalue weighted by Crippen LogP contribution is -2.47. The number of unbranched alkanes of at least 4 members (excludes halogenated alkanes) is 26. The van der Waals surface area contributed by atoms with Crippen LogP contribution in [0, 0.1) is 11.3 Å². The Morgan fingerprint density at radius 2 is 0.821 bits per heavy atom. The molecule has 0 spiro atoms. The molecular weight excluding hydrogens is 687 g/mol. The molecule has 0 bridgehead atoms. The van der Waals surface area contributed by atoms with Gasteiger partial charge in [0.2, 0.25) is 5.91 Å². The van der Waals surface area contributed by atoms with E-state index in [1.165, 1.54) is 193 Å². The highest BCUT2D eigenvalue weighted by Crippen LogP contribution is 2.37. The summed E-state index contributed by atoms with van der Waals surface area (Å²) in [5, 5.41) is 3.51. The van der Waals surface area contributed by atoms with Gasteiger partial charge in [-0.15, -0.1) is 0 Å². The Bertz CT molecular complexity index is 845. The van der Waals surface area contributed by atoms with E-state index in [2.05, 4.69) is 74.6 Å². The van der Waals surface area contributed by atoms with Crippen LogP contribution in [0.25, 0.3) is 0 Å². The number of carbonyl (C=O) groups excluding carboxylic acids is 1. The second-order valence-electron chi connectivity index (χ2n) is 21.1. The molecule has 0 fully saturated rings. The molecule has 0 aromatic heterocycles. The van der Waals surface area contributed by atoms with Crippen molar-refractivity contribution in [2.75, 3.05) is 13.7 Å². The van der Waals surface area contributed by atoms with Gasteiger partial charge in [0.1, 0.15) is 0 Å². The van der Waals surface area contributed by atoms with Gasteiger partial charge in [-0.05, 0) is 85.0 Å². The van der Waals surface area contributed by atoms with Gasteiger partial charge in [-0.2, -0.15) is 0 Å². The summed E-state index contributed by atoms with van der Waals surface area (Å²) in [7, 11) is 1.77. The van der Waals surface area contributed by atoms with Crippen molar-refractivity contribution in [2.24, 2.45) is 11.3 Å². The van der Waals surface area contributed by atoms with E-state index in [-0.39, 0.29) is 28.1 Å². The summed E-state index contributed by atoms with van der Waals surface area (Å²) in [6.45, 7) is 23.0. The Hall–Kier alpha value is -0.610. The molecule has 0 saturated heterocycles. The zero-order valence-corrected chi connectivity index (χ0v) is 40.6. The second kappa shape index (κ2) is 34.1. The Labute approximate surface area is 353 Å². The highest BCUT2D eigenvalue weighted by molar-refractivity contribution is 5.77. The minimum Gasteiger partial charge on any atom is -0.379 e. The number of rotatable bonds is 42. The number of nitrogens with one attached hydrogen (secondary N) is 1. The smallest absolute Gasteiger partial charge is 0.220 e. The van der Waals surface area contributed by atoms with Gasteiger partial charge in [-0.3, -0.25) is 4.79 Å². The van der Waals surface area contributed by atoms with Gasteiger partial charge in [-0.1, -0.05) is 207 Å². The van der Waals surface area contributed by atoms with Crippen molar-refractivity contribution in [3.63, 3.8) is 0 Å². The minimum absolute atomic E-state index is 0.0267. The molecule has 0 atom stereocenters. The van der Waals surface area contributed by atoms with E-state index in [1.807, 2.05) is 0 Å². The lowest BCUT2D eigenvalue weighted by atomic mass is 9.73. The van der Waals surface area contributed by atoms with E-state index in [0.29, 0.717) is 18.9 Å². The van der Waals surface area contributed by atoms with Crippen LogP contribution in [0.2, 0.25) is 0 Å². The lowest BCUT2D eigenvalue weighted by Gasteiger charge is -2.40. The molecule has 0 heterocycles. The quantitative estimate of drug-likeness (QED) is 0.0627. The van der Waals surface area contributed by atoms with Crippen LogP contribution < -0.4 is 5.32 Å². The van der Waals surface area contributed by atoms with Crippen LogP contribution in [-0.4, -0.2) is 36.4 Å². The molecule has 56 heavy (non-hydrogen) atoms.